The maximum absolute atomic E-state index is 10.1. The number of nitrogens with zero attached hydrogens (tertiary/aromatic N) is 4. The molecule has 0 aliphatic carbocycles. The molecule has 0 aliphatic rings. The van der Waals surface area contributed by atoms with Crippen molar-refractivity contribution in [2.75, 3.05) is 0 Å². The summed E-state index contributed by atoms with van der Waals surface area (Å²) >= 11 is 0. The fourth-order valence-corrected chi connectivity index (χ4v) is 12.2. The van der Waals surface area contributed by atoms with E-state index in [1.54, 1.807) is 6.07 Å². The quantitative estimate of drug-likeness (QED) is 0.104. The minimum absolute atomic E-state index is 0.386. The van der Waals surface area contributed by atoms with E-state index in [1.807, 2.05) is 48.5 Å². The van der Waals surface area contributed by atoms with E-state index in [0.717, 1.165) is 32.9 Å². The molecule has 0 amide bonds. The second-order valence-electron chi connectivity index (χ2n) is 12.2. The summed E-state index contributed by atoms with van der Waals surface area (Å²) in [5, 5.41) is 26.8. The van der Waals surface area contributed by atoms with Gasteiger partial charge in [0.1, 0.15) is 0 Å². The van der Waals surface area contributed by atoms with Crippen LogP contribution in [0.2, 0.25) is 0 Å². The van der Waals surface area contributed by atoms with Gasteiger partial charge in [0.25, 0.3) is 0 Å². The van der Waals surface area contributed by atoms with Crippen molar-refractivity contribution in [3.8, 4) is 29.0 Å². The summed E-state index contributed by atoms with van der Waals surface area (Å²) in [6.07, 6.45) is 0. The van der Waals surface area contributed by atoms with Gasteiger partial charge in [-0.15, -0.1) is 0 Å². The Morgan fingerprint density at radius 1 is 0.500 bits per heavy atom. The Kier molecular flexibility index (Phi) is 7.63. The van der Waals surface area contributed by atoms with Gasteiger partial charge in [-0.25, -0.2) is 4.85 Å². The molecule has 232 valence electrons. The van der Waals surface area contributed by atoms with Crippen LogP contribution in [0.4, 0.5) is 5.69 Å². The van der Waals surface area contributed by atoms with Crippen molar-refractivity contribution in [3.63, 3.8) is 0 Å². The minimum atomic E-state index is -2.74. The zero-order valence-corrected chi connectivity index (χ0v) is 28.0. The maximum atomic E-state index is 10.1. The van der Waals surface area contributed by atoms with Crippen molar-refractivity contribution in [2.45, 2.75) is 0 Å². The third kappa shape index (κ3) is 4.80. The topological polar surface area (TPSA) is 56.9 Å². The van der Waals surface area contributed by atoms with E-state index in [2.05, 4.69) is 137 Å². The summed E-state index contributed by atoms with van der Waals surface area (Å²) in [7, 11) is -2.74. The molecule has 0 fully saturated rings. The second kappa shape index (κ2) is 12.6. The van der Waals surface area contributed by atoms with Gasteiger partial charge < -0.3 is 4.57 Å². The van der Waals surface area contributed by atoms with Crippen LogP contribution in [0.5, 0.6) is 0 Å². The van der Waals surface area contributed by atoms with Gasteiger partial charge in [0.05, 0.1) is 41.0 Å². The molecule has 0 radical (unpaired) electrons. The van der Waals surface area contributed by atoms with Crippen molar-refractivity contribution in [2.24, 2.45) is 0 Å². The van der Waals surface area contributed by atoms with Crippen LogP contribution in [0.3, 0.4) is 0 Å². The number of hydrogen-bond acceptors (Lipinski definition) is 2. The molecule has 0 N–H and O–H groups in total. The highest BCUT2D eigenvalue weighted by molar-refractivity contribution is 7.19. The van der Waals surface area contributed by atoms with Crippen molar-refractivity contribution in [3.05, 3.63) is 192 Å². The molecular formula is C45H28N4Si. The fraction of sp³-hybridized carbons (Fsp3) is 0. The molecule has 7 aromatic carbocycles. The van der Waals surface area contributed by atoms with Gasteiger partial charge >= 0.3 is 0 Å². The summed E-state index contributed by atoms with van der Waals surface area (Å²) in [6, 6.07) is 63.0. The first-order valence-electron chi connectivity index (χ1n) is 16.3. The van der Waals surface area contributed by atoms with Crippen LogP contribution in [0, 0.1) is 29.2 Å². The lowest BCUT2D eigenvalue weighted by Crippen LogP contribution is -2.74. The van der Waals surface area contributed by atoms with Crippen LogP contribution in [0.25, 0.3) is 43.5 Å². The van der Waals surface area contributed by atoms with Crippen LogP contribution in [0.15, 0.2) is 170 Å². The van der Waals surface area contributed by atoms with Crippen molar-refractivity contribution in [1.82, 2.24) is 4.57 Å². The molecule has 50 heavy (non-hydrogen) atoms. The van der Waals surface area contributed by atoms with Crippen LogP contribution < -0.4 is 20.7 Å². The Labute approximate surface area is 291 Å². The van der Waals surface area contributed by atoms with Crippen molar-refractivity contribution < 1.29 is 0 Å². The summed E-state index contributed by atoms with van der Waals surface area (Å²) < 4.78 is 2.11. The van der Waals surface area contributed by atoms with E-state index in [4.69, 9.17) is 6.57 Å². The highest BCUT2D eigenvalue weighted by Gasteiger charge is 2.41. The SMILES string of the molecule is [C-]#[N+]c1cc(C#N)cc(-c2ccc([Si](c3ccccc3)(c3ccccc3)c3ccccc3)cc2)c1-n1c2ccccc2c2cc(C#N)ccc21. The maximum Gasteiger partial charge on any atom is 0.212 e. The average molecular weight is 653 g/mol. The molecule has 0 atom stereocenters. The summed E-state index contributed by atoms with van der Waals surface area (Å²) in [4.78, 5) is 3.98. The Balaban J connectivity index is 1.41. The van der Waals surface area contributed by atoms with E-state index >= 15 is 0 Å². The number of aromatic nitrogens is 1. The van der Waals surface area contributed by atoms with Gasteiger partial charge in [0.15, 0.2) is 8.07 Å². The van der Waals surface area contributed by atoms with E-state index in [0.29, 0.717) is 22.5 Å². The molecular weight excluding hydrogens is 625 g/mol. The van der Waals surface area contributed by atoms with E-state index in [-0.39, 0.29) is 0 Å². The molecule has 8 aromatic rings. The van der Waals surface area contributed by atoms with Crippen LogP contribution >= 0.6 is 0 Å². The Morgan fingerprint density at radius 2 is 1.02 bits per heavy atom. The number of fused-ring (bicyclic) bond motifs is 3. The van der Waals surface area contributed by atoms with Gasteiger partial charge in [0.2, 0.25) is 5.69 Å². The Morgan fingerprint density at radius 3 is 1.58 bits per heavy atom. The smallest absolute Gasteiger partial charge is 0.212 e. The molecule has 1 heterocycles. The van der Waals surface area contributed by atoms with Gasteiger partial charge in [-0.1, -0.05) is 133 Å². The normalized spacial score (nSPS) is 11.1. The zero-order chi connectivity index (χ0) is 34.1. The van der Waals surface area contributed by atoms with Crippen LogP contribution in [0.1, 0.15) is 11.1 Å². The van der Waals surface area contributed by atoms with E-state index in [1.165, 1.54) is 20.7 Å². The average Bonchev–Trinajstić information content (AvgIpc) is 3.52. The zero-order valence-electron chi connectivity index (χ0n) is 27.0. The number of hydrogen-bond donors (Lipinski definition) is 0. The molecule has 0 bridgehead atoms. The first-order chi connectivity index (χ1) is 24.7. The lowest BCUT2D eigenvalue weighted by Gasteiger charge is -2.34. The molecule has 0 saturated heterocycles. The van der Waals surface area contributed by atoms with Gasteiger partial charge in [-0.05, 0) is 68.3 Å². The van der Waals surface area contributed by atoms with E-state index in [9.17, 15) is 10.5 Å². The van der Waals surface area contributed by atoms with Gasteiger partial charge in [-0.3, -0.25) is 0 Å². The molecule has 4 nitrogen and oxygen atoms in total. The fourth-order valence-electron chi connectivity index (χ4n) is 7.47. The summed E-state index contributed by atoms with van der Waals surface area (Å²) in [5.74, 6) is 0. The second-order valence-corrected chi connectivity index (χ2v) is 16.0. The van der Waals surface area contributed by atoms with Crippen LogP contribution in [-0.2, 0) is 0 Å². The lowest BCUT2D eigenvalue weighted by molar-refractivity contribution is 1.19. The van der Waals surface area contributed by atoms with Crippen LogP contribution in [-0.4, -0.2) is 12.6 Å². The number of rotatable bonds is 6. The molecule has 1 aromatic heterocycles. The highest BCUT2D eigenvalue weighted by Crippen LogP contribution is 2.41. The predicted molar refractivity (Wildman–Crippen MR) is 206 cm³/mol. The standard InChI is InChI=1S/C45H28N4Si/c1-48-42-29-33(31-47)28-40(45(42)49-43-20-12-11-19-39(43)41-27-32(30-46)21-26-44(41)49)34-22-24-38(25-23-34)50(35-13-5-2-6-14-35,36-15-7-3-8-16-36)37-17-9-4-10-18-37/h2-29H. The summed E-state index contributed by atoms with van der Waals surface area (Å²) in [6.45, 7) is 8.26. The third-order valence-corrected chi connectivity index (χ3v) is 14.4. The number of benzene rings is 7. The minimum Gasteiger partial charge on any atom is -0.318 e. The monoisotopic (exact) mass is 652 g/mol. The summed E-state index contributed by atoms with van der Waals surface area (Å²) in [5.41, 5.74) is 5.60. The van der Waals surface area contributed by atoms with Gasteiger partial charge in [-0.2, -0.15) is 10.5 Å². The molecule has 0 saturated carbocycles. The number of para-hydroxylation sites is 1. The van der Waals surface area contributed by atoms with Crippen molar-refractivity contribution >= 4 is 56.3 Å². The third-order valence-electron chi connectivity index (χ3n) is 9.61. The lowest BCUT2D eigenvalue weighted by atomic mass is 9.99. The Bertz CT molecular complexity index is 2560. The first-order valence-corrected chi connectivity index (χ1v) is 18.3. The molecule has 0 aliphatic heterocycles. The first kappa shape index (κ1) is 30.4. The molecule has 5 heteroatoms. The predicted octanol–water partition coefficient (Wildman–Crippen LogP) is 8.12. The molecule has 0 spiro atoms. The highest BCUT2D eigenvalue weighted by atomic mass is 28.3. The number of nitriles is 2. The largest absolute Gasteiger partial charge is 0.318 e. The van der Waals surface area contributed by atoms with E-state index < -0.39 is 8.07 Å². The molecule has 0 unspecified atom stereocenters. The van der Waals surface area contributed by atoms with Crippen molar-refractivity contribution in [1.29, 1.82) is 10.5 Å². The Hall–Kier alpha value is -6.97. The molecule has 8 rings (SSSR count). The van der Waals surface area contributed by atoms with Gasteiger partial charge in [0, 0.05) is 16.3 Å².